The summed E-state index contributed by atoms with van der Waals surface area (Å²) in [6.45, 7) is 1.65. The highest BCUT2D eigenvalue weighted by molar-refractivity contribution is 9.10. The van der Waals surface area contributed by atoms with Gasteiger partial charge in [-0.25, -0.2) is 4.39 Å². The lowest BCUT2D eigenvalue weighted by Gasteiger charge is -2.41. The highest BCUT2D eigenvalue weighted by Crippen LogP contribution is 2.36. The molecule has 0 aromatic heterocycles. The van der Waals surface area contributed by atoms with Crippen molar-refractivity contribution in [1.29, 1.82) is 0 Å². The largest absolute Gasteiger partial charge is 0.338 e. The molecular formula is C16H19BrFNO. The Morgan fingerprint density at radius 1 is 1.20 bits per heavy atom. The number of likely N-dealkylation sites (tertiary alicyclic amines) is 1. The van der Waals surface area contributed by atoms with E-state index in [0.29, 0.717) is 16.0 Å². The van der Waals surface area contributed by atoms with Crippen LogP contribution in [0.3, 0.4) is 0 Å². The van der Waals surface area contributed by atoms with E-state index in [1.165, 1.54) is 37.8 Å². The van der Waals surface area contributed by atoms with Gasteiger partial charge in [-0.1, -0.05) is 19.3 Å². The maximum absolute atomic E-state index is 13.4. The lowest BCUT2D eigenvalue weighted by Crippen LogP contribution is -2.44. The molecule has 1 saturated heterocycles. The summed E-state index contributed by atoms with van der Waals surface area (Å²) in [7, 11) is 0. The lowest BCUT2D eigenvalue weighted by atomic mass is 9.75. The molecule has 1 saturated carbocycles. The van der Waals surface area contributed by atoms with Crippen molar-refractivity contribution in [2.24, 2.45) is 11.8 Å². The van der Waals surface area contributed by atoms with Crippen LogP contribution in [0, 0.1) is 17.7 Å². The maximum atomic E-state index is 13.4. The zero-order valence-corrected chi connectivity index (χ0v) is 13.0. The third-order valence-corrected chi connectivity index (χ3v) is 5.43. The van der Waals surface area contributed by atoms with E-state index in [-0.39, 0.29) is 11.7 Å². The van der Waals surface area contributed by atoms with Gasteiger partial charge in [-0.2, -0.15) is 0 Å². The van der Waals surface area contributed by atoms with Crippen molar-refractivity contribution in [3.05, 3.63) is 34.1 Å². The summed E-state index contributed by atoms with van der Waals surface area (Å²) >= 11 is 3.35. The first kappa shape index (κ1) is 14.1. The molecule has 1 aromatic carbocycles. The van der Waals surface area contributed by atoms with Gasteiger partial charge in [0, 0.05) is 17.6 Å². The minimum absolute atomic E-state index is 0.0413. The van der Waals surface area contributed by atoms with Crippen LogP contribution in [0.15, 0.2) is 22.7 Å². The summed E-state index contributed by atoms with van der Waals surface area (Å²) in [5, 5.41) is 0. The number of carbonyl (C=O) groups is 1. The molecule has 1 aliphatic heterocycles. The van der Waals surface area contributed by atoms with E-state index in [1.54, 1.807) is 6.07 Å². The Morgan fingerprint density at radius 3 is 2.75 bits per heavy atom. The number of nitrogens with zero attached hydrogens (tertiary/aromatic N) is 1. The van der Waals surface area contributed by atoms with E-state index in [9.17, 15) is 9.18 Å². The molecule has 20 heavy (non-hydrogen) atoms. The summed E-state index contributed by atoms with van der Waals surface area (Å²) in [5.41, 5.74) is 0.444. The Labute approximate surface area is 127 Å². The third kappa shape index (κ3) is 2.76. The van der Waals surface area contributed by atoms with Crippen molar-refractivity contribution in [3.63, 3.8) is 0 Å². The van der Waals surface area contributed by atoms with E-state index in [2.05, 4.69) is 15.9 Å². The van der Waals surface area contributed by atoms with Crippen molar-refractivity contribution in [3.8, 4) is 0 Å². The number of benzene rings is 1. The molecule has 0 unspecified atom stereocenters. The van der Waals surface area contributed by atoms with Crippen LogP contribution in [-0.2, 0) is 0 Å². The number of halogens is 2. The summed E-state index contributed by atoms with van der Waals surface area (Å²) in [6.07, 6.45) is 6.27. The quantitative estimate of drug-likeness (QED) is 0.749. The van der Waals surface area contributed by atoms with Gasteiger partial charge in [0.1, 0.15) is 5.82 Å². The fourth-order valence-electron chi connectivity index (χ4n) is 3.62. The first-order valence-corrected chi connectivity index (χ1v) is 8.19. The molecule has 3 rings (SSSR count). The molecule has 2 atom stereocenters. The Morgan fingerprint density at radius 2 is 1.95 bits per heavy atom. The van der Waals surface area contributed by atoms with Crippen LogP contribution in [-0.4, -0.2) is 23.9 Å². The summed E-state index contributed by atoms with van der Waals surface area (Å²) in [6, 6.07) is 4.31. The van der Waals surface area contributed by atoms with Gasteiger partial charge in [-0.3, -0.25) is 4.79 Å². The van der Waals surface area contributed by atoms with Crippen LogP contribution in [0.25, 0.3) is 0 Å². The summed E-state index contributed by atoms with van der Waals surface area (Å²) in [4.78, 5) is 14.5. The lowest BCUT2D eigenvalue weighted by molar-refractivity contribution is 0.0519. The van der Waals surface area contributed by atoms with Crippen LogP contribution in [0.4, 0.5) is 4.39 Å². The highest BCUT2D eigenvalue weighted by Gasteiger charge is 2.33. The van der Waals surface area contributed by atoms with Crippen molar-refractivity contribution < 1.29 is 9.18 Å². The molecule has 2 fully saturated rings. The molecule has 2 aliphatic rings. The van der Waals surface area contributed by atoms with Crippen molar-refractivity contribution >= 4 is 21.8 Å². The summed E-state index contributed by atoms with van der Waals surface area (Å²) < 4.78 is 14.0. The van der Waals surface area contributed by atoms with Crippen LogP contribution in [0.1, 0.15) is 42.5 Å². The standard InChI is InChI=1S/C16H19BrFNO/c17-15-6-5-13(18)9-14(15)16(20)19-8-7-11-3-1-2-4-12(11)10-19/h5-6,9,11-12H,1-4,7-8,10H2/t11-,12+/m0/s1. The minimum atomic E-state index is -0.357. The normalized spacial score (nSPS) is 26.2. The van der Waals surface area contributed by atoms with Crippen molar-refractivity contribution in [2.75, 3.05) is 13.1 Å². The van der Waals surface area contributed by atoms with Crippen molar-refractivity contribution in [2.45, 2.75) is 32.1 Å². The van der Waals surface area contributed by atoms with Gasteiger partial charge in [0.15, 0.2) is 0 Å². The average molecular weight is 340 g/mol. The fourth-order valence-corrected chi connectivity index (χ4v) is 4.03. The van der Waals surface area contributed by atoms with E-state index in [0.717, 1.165) is 25.4 Å². The van der Waals surface area contributed by atoms with Crippen LogP contribution in [0.5, 0.6) is 0 Å². The highest BCUT2D eigenvalue weighted by atomic mass is 79.9. The second-order valence-electron chi connectivity index (χ2n) is 5.97. The van der Waals surface area contributed by atoms with Gasteiger partial charge in [-0.05, 0) is 58.8 Å². The zero-order valence-electron chi connectivity index (χ0n) is 11.4. The molecule has 1 aliphatic carbocycles. The first-order valence-electron chi connectivity index (χ1n) is 7.39. The molecule has 108 valence electrons. The molecule has 1 aromatic rings. The van der Waals surface area contributed by atoms with E-state index < -0.39 is 0 Å². The number of hydrogen-bond acceptors (Lipinski definition) is 1. The van der Waals surface area contributed by atoms with Gasteiger partial charge in [0.25, 0.3) is 5.91 Å². The van der Waals surface area contributed by atoms with E-state index in [1.807, 2.05) is 4.90 Å². The van der Waals surface area contributed by atoms with Gasteiger partial charge >= 0.3 is 0 Å². The number of carbonyl (C=O) groups excluding carboxylic acids is 1. The van der Waals surface area contributed by atoms with E-state index >= 15 is 0 Å². The predicted molar refractivity (Wildman–Crippen MR) is 80.1 cm³/mol. The number of fused-ring (bicyclic) bond motifs is 1. The zero-order chi connectivity index (χ0) is 14.1. The topological polar surface area (TPSA) is 20.3 Å². The number of piperidine rings is 1. The van der Waals surface area contributed by atoms with Gasteiger partial charge < -0.3 is 4.90 Å². The Hall–Kier alpha value is -0.900. The minimum Gasteiger partial charge on any atom is -0.338 e. The molecule has 0 radical (unpaired) electrons. The first-order chi connectivity index (χ1) is 9.65. The van der Waals surface area contributed by atoms with Gasteiger partial charge in [-0.15, -0.1) is 0 Å². The average Bonchev–Trinajstić information content (AvgIpc) is 2.48. The van der Waals surface area contributed by atoms with Gasteiger partial charge in [0.05, 0.1) is 5.56 Å². The molecule has 1 amide bonds. The Bertz CT molecular complexity index is 519. The SMILES string of the molecule is O=C(c1cc(F)ccc1Br)N1CC[C@@H]2CCCC[C@@H]2C1. The van der Waals surface area contributed by atoms with Crippen LogP contribution >= 0.6 is 15.9 Å². The smallest absolute Gasteiger partial charge is 0.255 e. The fraction of sp³-hybridized carbons (Fsp3) is 0.562. The number of hydrogen-bond donors (Lipinski definition) is 0. The number of rotatable bonds is 1. The van der Waals surface area contributed by atoms with Crippen LogP contribution < -0.4 is 0 Å². The molecule has 0 spiro atoms. The molecule has 1 heterocycles. The van der Waals surface area contributed by atoms with E-state index in [4.69, 9.17) is 0 Å². The monoisotopic (exact) mass is 339 g/mol. The Kier molecular flexibility index (Phi) is 4.11. The molecule has 0 N–H and O–H groups in total. The third-order valence-electron chi connectivity index (χ3n) is 4.74. The molecule has 0 bridgehead atoms. The number of amides is 1. The summed E-state index contributed by atoms with van der Waals surface area (Å²) in [5.74, 6) is 1.04. The predicted octanol–water partition coefficient (Wildman–Crippen LogP) is 4.24. The Balaban J connectivity index is 1.76. The molecule has 2 nitrogen and oxygen atoms in total. The molecule has 4 heteroatoms. The maximum Gasteiger partial charge on any atom is 0.255 e. The second kappa shape index (κ2) is 5.84. The van der Waals surface area contributed by atoms with Crippen LogP contribution in [0.2, 0.25) is 0 Å². The van der Waals surface area contributed by atoms with Crippen molar-refractivity contribution in [1.82, 2.24) is 4.90 Å². The van der Waals surface area contributed by atoms with Gasteiger partial charge in [0.2, 0.25) is 0 Å². The molecular weight excluding hydrogens is 321 g/mol. The second-order valence-corrected chi connectivity index (χ2v) is 6.82.